The molecule has 16 heteroatoms. The van der Waals surface area contributed by atoms with Gasteiger partial charge >= 0.3 is 30.0 Å². The Bertz CT molecular complexity index is 2070. The number of ether oxygens (including phenoxy) is 6. The number of carbonyl (C=O) groups is 6. The second kappa shape index (κ2) is 17.0. The van der Waals surface area contributed by atoms with Crippen LogP contribution in [-0.4, -0.2) is 112 Å². The Hall–Kier alpha value is -5.16. The number of hydrogen-bond acceptors (Lipinski definition) is 15. The molecule has 2 aromatic carbocycles. The van der Waals surface area contributed by atoms with Crippen molar-refractivity contribution in [2.24, 2.45) is 22.7 Å². The second-order valence-electron chi connectivity index (χ2n) is 17.6. The Morgan fingerprint density at radius 3 is 2.10 bits per heavy atom. The maximum absolute atomic E-state index is 15.4. The highest BCUT2D eigenvalue weighted by Gasteiger charge is 2.78. The number of alkyl carbamates (subject to hydrolysis) is 1. The van der Waals surface area contributed by atoms with Gasteiger partial charge in [0.15, 0.2) is 23.6 Å². The van der Waals surface area contributed by atoms with Gasteiger partial charge in [-0.05, 0) is 48.6 Å². The van der Waals surface area contributed by atoms with Gasteiger partial charge in [-0.3, -0.25) is 14.4 Å². The molecule has 1 heterocycles. The van der Waals surface area contributed by atoms with Gasteiger partial charge in [-0.2, -0.15) is 0 Å². The van der Waals surface area contributed by atoms with E-state index in [2.05, 4.69) is 5.32 Å². The summed E-state index contributed by atoms with van der Waals surface area (Å²) < 4.78 is 35.4. The first-order chi connectivity index (χ1) is 28.6. The summed E-state index contributed by atoms with van der Waals surface area (Å²) in [5.41, 5.74) is -6.90. The van der Waals surface area contributed by atoms with Gasteiger partial charge in [0.2, 0.25) is 0 Å². The predicted octanol–water partition coefficient (Wildman–Crippen LogP) is 3.52. The van der Waals surface area contributed by atoms with Gasteiger partial charge in [0, 0.05) is 32.1 Å². The number of esters is 4. The largest absolute Gasteiger partial charge is 0.456 e. The van der Waals surface area contributed by atoms with E-state index in [4.69, 9.17) is 28.4 Å². The van der Waals surface area contributed by atoms with E-state index >= 15 is 4.79 Å². The van der Waals surface area contributed by atoms with E-state index in [9.17, 15) is 39.3 Å². The van der Waals surface area contributed by atoms with Crippen LogP contribution in [0.3, 0.4) is 0 Å². The molecule has 9 unspecified atom stereocenters. The smallest absolute Gasteiger partial charge is 0.407 e. The van der Waals surface area contributed by atoms with Crippen LogP contribution in [0.4, 0.5) is 4.79 Å². The number of carbonyl (C=O) groups excluding carboxylic acids is 6. The first-order valence-corrected chi connectivity index (χ1v) is 20.4. The highest BCUT2D eigenvalue weighted by Crippen LogP contribution is 2.64. The maximum Gasteiger partial charge on any atom is 0.407 e. The van der Waals surface area contributed by atoms with Crippen LogP contribution in [-0.2, 0) is 54.2 Å². The van der Waals surface area contributed by atoms with Crippen molar-refractivity contribution >= 4 is 35.8 Å². The lowest BCUT2D eigenvalue weighted by atomic mass is 9.44. The number of benzene rings is 2. The van der Waals surface area contributed by atoms with Crippen molar-refractivity contribution in [2.75, 3.05) is 6.61 Å². The minimum atomic E-state index is -2.38. The number of ketones is 1. The van der Waals surface area contributed by atoms with Gasteiger partial charge in [-0.1, -0.05) is 76.2 Å². The van der Waals surface area contributed by atoms with E-state index in [1.165, 1.54) is 26.0 Å². The monoisotopic (exact) mass is 849 g/mol. The summed E-state index contributed by atoms with van der Waals surface area (Å²) >= 11 is 0. The zero-order valence-electron chi connectivity index (χ0n) is 35.5. The molecular weight excluding hydrogens is 794 g/mol. The molecule has 4 aliphatic rings. The van der Waals surface area contributed by atoms with E-state index in [-0.39, 0.29) is 36.3 Å². The van der Waals surface area contributed by atoms with E-state index in [1.54, 1.807) is 70.2 Å². The average Bonchev–Trinajstić information content (AvgIpc) is 3.20. The van der Waals surface area contributed by atoms with Crippen molar-refractivity contribution in [1.82, 2.24) is 5.32 Å². The van der Waals surface area contributed by atoms with Gasteiger partial charge in [-0.15, -0.1) is 0 Å². The second-order valence-corrected chi connectivity index (χ2v) is 17.6. The topological polar surface area (TPSA) is 231 Å². The van der Waals surface area contributed by atoms with Gasteiger partial charge in [0.25, 0.3) is 0 Å². The Morgan fingerprint density at radius 1 is 0.918 bits per heavy atom. The van der Waals surface area contributed by atoms with Crippen molar-refractivity contribution in [1.29, 1.82) is 0 Å². The molecule has 1 aliphatic heterocycles. The molecule has 2 aromatic rings. The Kier molecular flexibility index (Phi) is 12.6. The zero-order valence-corrected chi connectivity index (χ0v) is 35.5. The van der Waals surface area contributed by atoms with Gasteiger partial charge < -0.3 is 49.1 Å². The summed E-state index contributed by atoms with van der Waals surface area (Å²) in [6.07, 6.45) is -11.3. The van der Waals surface area contributed by atoms with Crippen molar-refractivity contribution < 1.29 is 72.5 Å². The molecular formula is C45H55NO15. The van der Waals surface area contributed by atoms with Crippen LogP contribution >= 0.6 is 0 Å². The first kappa shape index (κ1) is 45.4. The van der Waals surface area contributed by atoms with E-state index in [1.807, 2.05) is 6.07 Å². The van der Waals surface area contributed by atoms with E-state index in [0.29, 0.717) is 5.56 Å². The molecule has 3 fully saturated rings. The van der Waals surface area contributed by atoms with Crippen LogP contribution in [0, 0.1) is 22.7 Å². The van der Waals surface area contributed by atoms with Gasteiger partial charge in [0.05, 0.1) is 35.6 Å². The minimum absolute atomic E-state index is 0.00193. The van der Waals surface area contributed by atoms with Crippen LogP contribution < -0.4 is 5.32 Å². The molecule has 4 N–H and O–H groups in total. The number of amides is 1. The molecule has 2 bridgehead atoms. The number of hydrogen-bond donors (Lipinski definition) is 4. The molecule has 1 saturated heterocycles. The molecule has 0 aromatic heterocycles. The van der Waals surface area contributed by atoms with Crippen LogP contribution in [0.25, 0.3) is 0 Å². The van der Waals surface area contributed by atoms with Crippen LogP contribution in [0.15, 0.2) is 71.8 Å². The molecule has 11 atom stereocenters. The number of fused-ring (bicyclic) bond motifs is 5. The molecule has 3 aliphatic carbocycles. The van der Waals surface area contributed by atoms with Gasteiger partial charge in [0.1, 0.15) is 30.5 Å². The Morgan fingerprint density at radius 2 is 1.54 bits per heavy atom. The standard InChI is InChI=1S/C45H55NO15/c1-23(2)33(46-41(54)56-21-27-15-11-9-12-16-27)34(50)40(53)59-29-20-45(55)38(60-39(52)28-17-13-10-14-18-28)36-43(8,30(49)19-31-44(36,22-57-31)61-26(5)48)37(51)35(58-25(4)47)32(24(29)3)42(45,6)7/h9-18,23,29-31,33-36,38,49-50,55H,19-22H2,1-8H3,(H,46,54)/t29?,30?,31?,33?,34?,35?,36?,38?,43-,44+,45?/m1/s1. The molecule has 16 nitrogen and oxygen atoms in total. The summed E-state index contributed by atoms with van der Waals surface area (Å²) in [5, 5.41) is 39.6. The number of rotatable bonds is 11. The highest BCUT2D eigenvalue weighted by molar-refractivity contribution is 5.95. The van der Waals surface area contributed by atoms with Crippen LogP contribution in [0.2, 0.25) is 0 Å². The van der Waals surface area contributed by atoms with Crippen molar-refractivity contribution in [3.8, 4) is 0 Å². The SMILES string of the molecule is CC(=O)OC1C(=O)[C@]2(C)C(O)CC3OC[C@@]3(OC(C)=O)C2C(OC(=O)c2ccccc2)C2(O)CC(OC(=O)C(O)C(NC(=O)OCc3ccccc3)C(C)C)C(C)=C1C2(C)C. The fourth-order valence-corrected chi connectivity index (χ4v) is 9.89. The molecule has 0 radical (unpaired) electrons. The highest BCUT2D eigenvalue weighted by atomic mass is 16.6. The predicted molar refractivity (Wildman–Crippen MR) is 213 cm³/mol. The number of aliphatic hydroxyl groups is 3. The summed E-state index contributed by atoms with van der Waals surface area (Å²) in [7, 11) is 0. The van der Waals surface area contributed by atoms with Crippen molar-refractivity contribution in [3.05, 3.63) is 82.9 Å². The lowest BCUT2D eigenvalue weighted by Gasteiger charge is -2.67. The summed E-state index contributed by atoms with van der Waals surface area (Å²) in [5.74, 6) is -6.77. The van der Waals surface area contributed by atoms with E-state index < -0.39 is 119 Å². The third-order valence-electron chi connectivity index (χ3n) is 13.2. The zero-order chi connectivity index (χ0) is 44.8. The minimum Gasteiger partial charge on any atom is -0.456 e. The Balaban J connectivity index is 1.47. The first-order valence-electron chi connectivity index (χ1n) is 20.4. The molecule has 6 rings (SSSR count). The van der Waals surface area contributed by atoms with Crippen LogP contribution in [0.5, 0.6) is 0 Å². The third kappa shape index (κ3) is 7.94. The van der Waals surface area contributed by atoms with Gasteiger partial charge in [-0.25, -0.2) is 14.4 Å². The summed E-state index contributed by atoms with van der Waals surface area (Å²) in [6, 6.07) is 15.5. The normalized spacial score (nSPS) is 32.3. The molecule has 0 spiro atoms. The quantitative estimate of drug-likeness (QED) is 0.144. The van der Waals surface area contributed by atoms with Crippen LogP contribution in [0.1, 0.15) is 84.2 Å². The fraction of sp³-hybridized carbons (Fsp3) is 0.556. The fourth-order valence-electron chi connectivity index (χ4n) is 9.89. The third-order valence-corrected chi connectivity index (χ3v) is 13.2. The number of Topliss-reactive ketones (excluding diaryl/α,β-unsaturated/α-hetero) is 1. The molecule has 2 saturated carbocycles. The summed E-state index contributed by atoms with van der Waals surface area (Å²) in [6.45, 7) is 11.2. The Labute approximate surface area is 353 Å². The molecule has 1 amide bonds. The maximum atomic E-state index is 15.4. The van der Waals surface area contributed by atoms with Crippen molar-refractivity contribution in [2.45, 2.75) is 129 Å². The lowest BCUT2D eigenvalue weighted by molar-refractivity contribution is -0.346. The number of nitrogens with one attached hydrogen (secondary N) is 1. The van der Waals surface area contributed by atoms with Crippen molar-refractivity contribution in [3.63, 3.8) is 0 Å². The summed E-state index contributed by atoms with van der Waals surface area (Å²) in [4.78, 5) is 82.4. The lowest BCUT2D eigenvalue weighted by Crippen LogP contribution is -2.82. The molecule has 61 heavy (non-hydrogen) atoms. The average molecular weight is 850 g/mol. The number of aliphatic hydroxyl groups excluding tert-OH is 2. The van der Waals surface area contributed by atoms with E-state index in [0.717, 1.165) is 13.8 Å². The molecule has 330 valence electrons.